The summed E-state index contributed by atoms with van der Waals surface area (Å²) >= 11 is 11.7. The zero-order valence-electron chi connectivity index (χ0n) is 11.6. The van der Waals surface area contributed by atoms with Crippen LogP contribution in [0.4, 0.5) is 4.79 Å². The molecule has 8 heteroatoms. The predicted octanol–water partition coefficient (Wildman–Crippen LogP) is 2.20. The van der Waals surface area contributed by atoms with Gasteiger partial charge in [0.2, 0.25) is 5.88 Å². The lowest BCUT2D eigenvalue weighted by Gasteiger charge is -2.33. The molecule has 0 bridgehead atoms. The van der Waals surface area contributed by atoms with E-state index in [1.807, 2.05) is 6.92 Å². The van der Waals surface area contributed by atoms with Gasteiger partial charge in [0, 0.05) is 12.7 Å². The number of hydrogen-bond acceptors (Lipinski definition) is 4. The maximum absolute atomic E-state index is 12.0. The van der Waals surface area contributed by atoms with Crippen LogP contribution in [0.15, 0.2) is 12.3 Å². The molecule has 0 aromatic carbocycles. The van der Waals surface area contributed by atoms with Gasteiger partial charge in [0.1, 0.15) is 11.6 Å². The molecule has 21 heavy (non-hydrogen) atoms. The Morgan fingerprint density at radius 3 is 3.14 bits per heavy atom. The number of carbonyl (C=O) groups is 1. The minimum absolute atomic E-state index is 0.0760. The maximum Gasteiger partial charge on any atom is 0.317 e. The first kappa shape index (κ1) is 16.1. The minimum Gasteiger partial charge on any atom is -0.475 e. The molecule has 1 fully saturated rings. The van der Waals surface area contributed by atoms with E-state index in [1.54, 1.807) is 11.0 Å². The van der Waals surface area contributed by atoms with Crippen molar-refractivity contribution >= 4 is 29.2 Å². The number of amides is 2. The van der Waals surface area contributed by atoms with Crippen molar-refractivity contribution in [1.29, 1.82) is 0 Å². The topological polar surface area (TPSA) is 63.7 Å². The van der Waals surface area contributed by atoms with Crippen molar-refractivity contribution in [3.05, 3.63) is 22.3 Å². The Morgan fingerprint density at radius 2 is 2.43 bits per heavy atom. The smallest absolute Gasteiger partial charge is 0.317 e. The van der Waals surface area contributed by atoms with E-state index in [4.69, 9.17) is 32.7 Å². The SMILES string of the molecule is CC1COCCN1C(=O)NCCOc1ncc(Cl)cc1Cl. The molecule has 1 aliphatic heterocycles. The standard InChI is InChI=1S/C13H17Cl2N3O3/c1-9-8-20-5-3-18(9)13(19)16-2-4-21-12-11(15)6-10(14)7-17-12/h6-7,9H,2-5,8H2,1H3,(H,16,19). The third-order valence-electron chi connectivity index (χ3n) is 3.02. The lowest BCUT2D eigenvalue weighted by Crippen LogP contribution is -2.51. The van der Waals surface area contributed by atoms with Gasteiger partial charge in [0.15, 0.2) is 0 Å². The van der Waals surface area contributed by atoms with E-state index in [-0.39, 0.29) is 18.7 Å². The van der Waals surface area contributed by atoms with Crippen molar-refractivity contribution in [3.8, 4) is 5.88 Å². The number of urea groups is 1. The summed E-state index contributed by atoms with van der Waals surface area (Å²) in [7, 11) is 0. The van der Waals surface area contributed by atoms with E-state index in [0.717, 1.165) is 0 Å². The van der Waals surface area contributed by atoms with Crippen molar-refractivity contribution in [2.75, 3.05) is 32.9 Å². The molecule has 0 saturated carbocycles. The van der Waals surface area contributed by atoms with E-state index in [0.29, 0.717) is 42.2 Å². The molecule has 1 aromatic heterocycles. The highest BCUT2D eigenvalue weighted by molar-refractivity contribution is 6.35. The second-order valence-electron chi connectivity index (χ2n) is 4.64. The van der Waals surface area contributed by atoms with Crippen molar-refractivity contribution in [3.63, 3.8) is 0 Å². The monoisotopic (exact) mass is 333 g/mol. The molecule has 0 aliphatic carbocycles. The van der Waals surface area contributed by atoms with Gasteiger partial charge in [-0.25, -0.2) is 9.78 Å². The van der Waals surface area contributed by atoms with Crippen LogP contribution in [0.2, 0.25) is 10.0 Å². The molecular formula is C13H17Cl2N3O3. The van der Waals surface area contributed by atoms with Crippen LogP contribution in [0, 0.1) is 0 Å². The Labute approximate surface area is 133 Å². The number of morpholine rings is 1. The second-order valence-corrected chi connectivity index (χ2v) is 5.48. The summed E-state index contributed by atoms with van der Waals surface area (Å²) in [5.74, 6) is 0.301. The van der Waals surface area contributed by atoms with E-state index in [2.05, 4.69) is 10.3 Å². The molecule has 6 nitrogen and oxygen atoms in total. The van der Waals surface area contributed by atoms with Gasteiger partial charge in [0.25, 0.3) is 0 Å². The van der Waals surface area contributed by atoms with Gasteiger partial charge in [-0.15, -0.1) is 0 Å². The molecule has 116 valence electrons. The number of aromatic nitrogens is 1. The molecule has 1 saturated heterocycles. The molecule has 0 spiro atoms. The first-order chi connectivity index (χ1) is 10.1. The number of carbonyl (C=O) groups excluding carboxylic acids is 1. The summed E-state index contributed by atoms with van der Waals surface area (Å²) < 4.78 is 10.7. The van der Waals surface area contributed by atoms with Crippen LogP contribution in [0.3, 0.4) is 0 Å². The fourth-order valence-corrected chi connectivity index (χ4v) is 2.38. The third-order valence-corrected chi connectivity index (χ3v) is 3.50. The van der Waals surface area contributed by atoms with Gasteiger partial charge in [-0.2, -0.15) is 0 Å². The number of nitrogens with zero attached hydrogens (tertiary/aromatic N) is 2. The molecule has 2 amide bonds. The van der Waals surface area contributed by atoms with E-state index in [9.17, 15) is 4.79 Å². The summed E-state index contributed by atoms with van der Waals surface area (Å²) in [6, 6.07) is 1.51. The maximum atomic E-state index is 12.0. The molecule has 0 radical (unpaired) electrons. The molecule has 1 atom stereocenters. The second kappa shape index (κ2) is 7.68. The Bertz CT molecular complexity index is 502. The van der Waals surface area contributed by atoms with Crippen molar-refractivity contribution in [2.24, 2.45) is 0 Å². The normalized spacial score (nSPS) is 18.4. The highest BCUT2D eigenvalue weighted by atomic mass is 35.5. The fourth-order valence-electron chi connectivity index (χ4n) is 1.94. The number of halogens is 2. The van der Waals surface area contributed by atoms with Crippen LogP contribution in [-0.4, -0.2) is 54.9 Å². The van der Waals surface area contributed by atoms with Crippen molar-refractivity contribution in [2.45, 2.75) is 13.0 Å². The zero-order valence-corrected chi connectivity index (χ0v) is 13.2. The summed E-state index contributed by atoms with van der Waals surface area (Å²) in [5, 5.41) is 3.58. The molecule has 1 N–H and O–H groups in total. The molecule has 2 rings (SSSR count). The van der Waals surface area contributed by atoms with Crippen LogP contribution in [-0.2, 0) is 4.74 Å². The molecule has 2 heterocycles. The number of ether oxygens (including phenoxy) is 2. The average Bonchev–Trinajstić information content (AvgIpc) is 2.45. The molecule has 1 aromatic rings. The van der Waals surface area contributed by atoms with Crippen molar-refractivity contribution < 1.29 is 14.3 Å². The lowest BCUT2D eigenvalue weighted by molar-refractivity contribution is 0.0189. The van der Waals surface area contributed by atoms with Crippen LogP contribution >= 0.6 is 23.2 Å². The van der Waals surface area contributed by atoms with Gasteiger partial charge in [0.05, 0.1) is 30.8 Å². The average molecular weight is 334 g/mol. The third kappa shape index (κ3) is 4.62. The highest BCUT2D eigenvalue weighted by Gasteiger charge is 2.23. The first-order valence-corrected chi connectivity index (χ1v) is 7.39. The van der Waals surface area contributed by atoms with Gasteiger partial charge >= 0.3 is 6.03 Å². The largest absolute Gasteiger partial charge is 0.475 e. The van der Waals surface area contributed by atoms with E-state index in [1.165, 1.54) is 6.20 Å². The van der Waals surface area contributed by atoms with Gasteiger partial charge in [-0.1, -0.05) is 23.2 Å². The minimum atomic E-state index is -0.121. The molecule has 1 aliphatic rings. The number of nitrogens with one attached hydrogen (secondary N) is 1. The zero-order chi connectivity index (χ0) is 15.2. The first-order valence-electron chi connectivity index (χ1n) is 6.64. The summed E-state index contributed by atoms with van der Waals surface area (Å²) in [4.78, 5) is 17.7. The van der Waals surface area contributed by atoms with E-state index >= 15 is 0 Å². The Balaban J connectivity index is 1.73. The van der Waals surface area contributed by atoms with Crippen molar-refractivity contribution in [1.82, 2.24) is 15.2 Å². The highest BCUT2D eigenvalue weighted by Crippen LogP contribution is 2.24. The van der Waals surface area contributed by atoms with Crippen LogP contribution < -0.4 is 10.1 Å². The van der Waals surface area contributed by atoms with Crippen LogP contribution in [0.25, 0.3) is 0 Å². The Hall–Kier alpha value is -1.24. The Kier molecular flexibility index (Phi) is 5.90. The number of pyridine rings is 1. The van der Waals surface area contributed by atoms with Gasteiger partial charge in [-0.3, -0.25) is 0 Å². The van der Waals surface area contributed by atoms with Gasteiger partial charge < -0.3 is 19.7 Å². The number of rotatable bonds is 4. The molecule has 1 unspecified atom stereocenters. The summed E-state index contributed by atoms with van der Waals surface area (Å²) in [6.45, 7) is 4.32. The Morgan fingerprint density at radius 1 is 1.62 bits per heavy atom. The summed E-state index contributed by atoms with van der Waals surface area (Å²) in [6.07, 6.45) is 1.46. The lowest BCUT2D eigenvalue weighted by atomic mass is 10.3. The molecular weight excluding hydrogens is 317 g/mol. The van der Waals surface area contributed by atoms with E-state index < -0.39 is 0 Å². The van der Waals surface area contributed by atoms with Gasteiger partial charge in [-0.05, 0) is 13.0 Å². The number of hydrogen-bond donors (Lipinski definition) is 1. The van der Waals surface area contributed by atoms with Crippen LogP contribution in [0.5, 0.6) is 5.88 Å². The fraction of sp³-hybridized carbons (Fsp3) is 0.538. The predicted molar refractivity (Wildman–Crippen MR) is 80.1 cm³/mol. The van der Waals surface area contributed by atoms with Crippen LogP contribution in [0.1, 0.15) is 6.92 Å². The quantitative estimate of drug-likeness (QED) is 0.858. The summed E-state index contributed by atoms with van der Waals surface area (Å²) in [5.41, 5.74) is 0.